The molecule has 3 rings (SSSR count). The summed E-state index contributed by atoms with van der Waals surface area (Å²) in [6, 6.07) is 5.24. The average molecular weight is 362 g/mol. The maximum absolute atomic E-state index is 13.6. The van der Waals surface area contributed by atoms with Gasteiger partial charge in [0.05, 0.1) is 30.9 Å². The lowest BCUT2D eigenvalue weighted by Crippen LogP contribution is -2.36. The van der Waals surface area contributed by atoms with E-state index in [0.29, 0.717) is 12.5 Å². The van der Waals surface area contributed by atoms with Crippen LogP contribution >= 0.6 is 0 Å². The Morgan fingerprint density at radius 3 is 2.81 bits per heavy atom. The number of nitrogens with one attached hydrogen (secondary N) is 1. The van der Waals surface area contributed by atoms with Crippen molar-refractivity contribution in [1.82, 2.24) is 20.0 Å². The fraction of sp³-hybridized carbons (Fsp3) is 0.474. The molecule has 1 aliphatic rings. The molecule has 0 fully saturated rings. The number of amides is 1. The van der Waals surface area contributed by atoms with Crippen molar-refractivity contribution in [3.63, 3.8) is 0 Å². The standard InChI is InChI=1S/C19H24F2N4O/c1-13(2)11-24-5-6-25-17(12-24)9-16(23-25)10-22-19(26)7-14-3-4-15(20)8-18(14)21/h3-4,8-9,13H,5-7,10-12H2,1-2H3,(H,22,26). The van der Waals surface area contributed by atoms with Crippen molar-refractivity contribution in [1.29, 1.82) is 0 Å². The monoisotopic (exact) mass is 362 g/mol. The van der Waals surface area contributed by atoms with E-state index in [1.165, 1.54) is 6.07 Å². The van der Waals surface area contributed by atoms with Crippen molar-refractivity contribution in [2.75, 3.05) is 13.1 Å². The first-order valence-electron chi connectivity index (χ1n) is 8.89. The summed E-state index contributed by atoms with van der Waals surface area (Å²) in [5, 5.41) is 7.28. The van der Waals surface area contributed by atoms with Crippen LogP contribution in [0.25, 0.3) is 0 Å². The number of halogens is 2. The summed E-state index contributed by atoms with van der Waals surface area (Å²) in [5.74, 6) is -1.05. The molecule has 5 nitrogen and oxygen atoms in total. The van der Waals surface area contributed by atoms with Crippen LogP contribution in [0.2, 0.25) is 0 Å². The Hall–Kier alpha value is -2.28. The minimum absolute atomic E-state index is 0.123. The maximum atomic E-state index is 13.6. The van der Waals surface area contributed by atoms with Gasteiger partial charge in [-0.2, -0.15) is 5.10 Å². The van der Waals surface area contributed by atoms with Gasteiger partial charge in [0.2, 0.25) is 5.91 Å². The first kappa shape index (κ1) is 18.5. The van der Waals surface area contributed by atoms with Crippen molar-refractivity contribution in [2.24, 2.45) is 5.92 Å². The Kier molecular flexibility index (Phi) is 5.66. The maximum Gasteiger partial charge on any atom is 0.224 e. The summed E-state index contributed by atoms with van der Waals surface area (Å²) in [7, 11) is 0. The van der Waals surface area contributed by atoms with E-state index in [-0.39, 0.29) is 17.9 Å². The third-order valence-electron chi connectivity index (χ3n) is 4.38. The molecule has 0 radical (unpaired) electrons. The molecule has 2 aromatic rings. The van der Waals surface area contributed by atoms with E-state index in [2.05, 4.69) is 29.2 Å². The predicted molar refractivity (Wildman–Crippen MR) is 94.3 cm³/mol. The van der Waals surface area contributed by atoms with Gasteiger partial charge in [-0.25, -0.2) is 8.78 Å². The average Bonchev–Trinajstić information content (AvgIpc) is 2.97. The SMILES string of the molecule is CC(C)CN1CCn2nc(CNC(=O)Cc3ccc(F)cc3F)cc2C1. The van der Waals surface area contributed by atoms with Gasteiger partial charge in [0, 0.05) is 25.7 Å². The molecule has 140 valence electrons. The molecule has 1 N–H and O–H groups in total. The number of fused-ring (bicyclic) bond motifs is 1. The fourth-order valence-electron chi connectivity index (χ4n) is 3.23. The van der Waals surface area contributed by atoms with Crippen LogP contribution in [0.5, 0.6) is 0 Å². The minimum atomic E-state index is -0.706. The van der Waals surface area contributed by atoms with Crippen molar-refractivity contribution in [3.05, 3.63) is 52.9 Å². The van der Waals surface area contributed by atoms with E-state index in [0.717, 1.165) is 49.7 Å². The largest absolute Gasteiger partial charge is 0.350 e. The molecule has 0 saturated heterocycles. The lowest BCUT2D eigenvalue weighted by molar-refractivity contribution is -0.120. The summed E-state index contributed by atoms with van der Waals surface area (Å²) >= 11 is 0. The normalized spacial score (nSPS) is 14.5. The van der Waals surface area contributed by atoms with Crippen LogP contribution in [0.4, 0.5) is 8.78 Å². The summed E-state index contributed by atoms with van der Waals surface area (Å²) < 4.78 is 28.5. The van der Waals surface area contributed by atoms with Crippen LogP contribution in [-0.2, 0) is 30.8 Å². The fourth-order valence-corrected chi connectivity index (χ4v) is 3.23. The Labute approximate surface area is 152 Å². The van der Waals surface area contributed by atoms with E-state index in [1.54, 1.807) is 0 Å². The van der Waals surface area contributed by atoms with Gasteiger partial charge >= 0.3 is 0 Å². The molecule has 26 heavy (non-hydrogen) atoms. The van der Waals surface area contributed by atoms with Crippen molar-refractivity contribution >= 4 is 5.91 Å². The molecule has 0 saturated carbocycles. The minimum Gasteiger partial charge on any atom is -0.350 e. The van der Waals surface area contributed by atoms with E-state index in [1.807, 2.05) is 10.7 Å². The zero-order valence-corrected chi connectivity index (χ0v) is 15.1. The number of nitrogens with zero attached hydrogens (tertiary/aromatic N) is 3. The molecule has 2 heterocycles. The number of hydrogen-bond donors (Lipinski definition) is 1. The van der Waals surface area contributed by atoms with Crippen molar-refractivity contribution < 1.29 is 13.6 Å². The summed E-state index contributed by atoms with van der Waals surface area (Å²) in [5.41, 5.74) is 2.11. The van der Waals surface area contributed by atoms with Gasteiger partial charge in [-0.05, 0) is 23.6 Å². The molecule has 0 spiro atoms. The molecular formula is C19H24F2N4O. The number of carbonyl (C=O) groups excluding carboxylic acids is 1. The second-order valence-corrected chi connectivity index (χ2v) is 7.17. The molecule has 0 aliphatic carbocycles. The highest BCUT2D eigenvalue weighted by atomic mass is 19.1. The van der Waals surface area contributed by atoms with Crippen LogP contribution in [0, 0.1) is 17.6 Å². The highest BCUT2D eigenvalue weighted by molar-refractivity contribution is 5.78. The smallest absolute Gasteiger partial charge is 0.224 e. The summed E-state index contributed by atoms with van der Waals surface area (Å²) in [4.78, 5) is 14.4. The van der Waals surface area contributed by atoms with Crippen LogP contribution in [0.1, 0.15) is 30.8 Å². The first-order chi connectivity index (χ1) is 12.4. The van der Waals surface area contributed by atoms with Crippen LogP contribution < -0.4 is 5.32 Å². The van der Waals surface area contributed by atoms with Gasteiger partial charge < -0.3 is 5.32 Å². The Morgan fingerprint density at radius 1 is 1.27 bits per heavy atom. The summed E-state index contributed by atoms with van der Waals surface area (Å²) in [6.45, 7) is 8.44. The Morgan fingerprint density at radius 2 is 2.08 bits per heavy atom. The number of hydrogen-bond acceptors (Lipinski definition) is 3. The number of rotatable bonds is 6. The highest BCUT2D eigenvalue weighted by Gasteiger charge is 2.19. The third kappa shape index (κ3) is 4.66. The van der Waals surface area contributed by atoms with Crippen LogP contribution in [-0.4, -0.2) is 33.7 Å². The number of carbonyl (C=O) groups is 1. The van der Waals surface area contributed by atoms with Crippen molar-refractivity contribution in [3.8, 4) is 0 Å². The second-order valence-electron chi connectivity index (χ2n) is 7.17. The predicted octanol–water partition coefficient (Wildman–Crippen LogP) is 2.49. The zero-order valence-electron chi connectivity index (χ0n) is 15.1. The molecule has 1 aromatic carbocycles. The van der Waals surface area contributed by atoms with Crippen LogP contribution in [0.3, 0.4) is 0 Å². The van der Waals surface area contributed by atoms with Crippen molar-refractivity contribution in [2.45, 2.75) is 39.9 Å². The number of benzene rings is 1. The first-order valence-corrected chi connectivity index (χ1v) is 8.89. The molecule has 0 bridgehead atoms. The highest BCUT2D eigenvalue weighted by Crippen LogP contribution is 2.15. The molecule has 1 aromatic heterocycles. The second kappa shape index (κ2) is 7.95. The Balaban J connectivity index is 1.54. The van der Waals surface area contributed by atoms with E-state index in [9.17, 15) is 13.6 Å². The lowest BCUT2D eigenvalue weighted by Gasteiger charge is -2.28. The Bertz CT molecular complexity index is 788. The molecule has 0 unspecified atom stereocenters. The van der Waals surface area contributed by atoms with Gasteiger partial charge in [-0.3, -0.25) is 14.4 Å². The lowest BCUT2D eigenvalue weighted by atomic mass is 10.1. The molecular weight excluding hydrogens is 338 g/mol. The van der Waals surface area contributed by atoms with Crippen LogP contribution in [0.15, 0.2) is 24.3 Å². The quantitative estimate of drug-likeness (QED) is 0.859. The van der Waals surface area contributed by atoms with Gasteiger partial charge in [0.1, 0.15) is 11.6 Å². The van der Waals surface area contributed by atoms with E-state index >= 15 is 0 Å². The molecule has 1 aliphatic heterocycles. The third-order valence-corrected chi connectivity index (χ3v) is 4.38. The van der Waals surface area contributed by atoms with Gasteiger partial charge in [-0.15, -0.1) is 0 Å². The topological polar surface area (TPSA) is 50.2 Å². The number of aromatic nitrogens is 2. The molecule has 1 amide bonds. The zero-order chi connectivity index (χ0) is 18.7. The van der Waals surface area contributed by atoms with Gasteiger partial charge in [0.15, 0.2) is 0 Å². The van der Waals surface area contributed by atoms with Gasteiger partial charge in [0.25, 0.3) is 0 Å². The molecule has 0 atom stereocenters. The van der Waals surface area contributed by atoms with Gasteiger partial charge in [-0.1, -0.05) is 19.9 Å². The summed E-state index contributed by atoms with van der Waals surface area (Å²) in [6.07, 6.45) is -0.123. The van der Waals surface area contributed by atoms with E-state index in [4.69, 9.17) is 0 Å². The molecule has 7 heteroatoms. The van der Waals surface area contributed by atoms with E-state index < -0.39 is 11.6 Å².